The van der Waals surface area contributed by atoms with Gasteiger partial charge in [0.25, 0.3) is 11.8 Å². The first kappa shape index (κ1) is 18.1. The highest BCUT2D eigenvalue weighted by Gasteiger charge is 2.18. The van der Waals surface area contributed by atoms with Crippen LogP contribution >= 0.6 is 0 Å². The van der Waals surface area contributed by atoms with Crippen LogP contribution in [0.3, 0.4) is 0 Å². The van der Waals surface area contributed by atoms with Crippen molar-refractivity contribution in [3.05, 3.63) is 107 Å². The summed E-state index contributed by atoms with van der Waals surface area (Å²) in [6.07, 6.45) is 0. The van der Waals surface area contributed by atoms with Gasteiger partial charge in [0.05, 0.1) is 5.56 Å². The molecular formula is C22H18N2O3. The maximum absolute atomic E-state index is 12.7. The summed E-state index contributed by atoms with van der Waals surface area (Å²) in [5, 5.41) is 0. The minimum Gasteiger partial charge on any atom is -0.289 e. The van der Waals surface area contributed by atoms with Crippen LogP contribution in [0.5, 0.6) is 0 Å². The van der Waals surface area contributed by atoms with Crippen LogP contribution in [0.4, 0.5) is 0 Å². The van der Waals surface area contributed by atoms with Crippen molar-refractivity contribution in [3.8, 4) is 0 Å². The molecule has 0 atom stereocenters. The van der Waals surface area contributed by atoms with Gasteiger partial charge in [-0.2, -0.15) is 0 Å². The highest BCUT2D eigenvalue weighted by molar-refractivity contribution is 6.15. The largest absolute Gasteiger partial charge is 0.289 e. The first-order chi connectivity index (χ1) is 13.1. The number of aryl methyl sites for hydroxylation is 1. The van der Waals surface area contributed by atoms with Gasteiger partial charge in [-0.3, -0.25) is 25.2 Å². The van der Waals surface area contributed by atoms with E-state index in [0.29, 0.717) is 11.1 Å². The van der Waals surface area contributed by atoms with Crippen LogP contribution < -0.4 is 10.9 Å². The molecular weight excluding hydrogens is 340 g/mol. The van der Waals surface area contributed by atoms with Crippen molar-refractivity contribution in [1.82, 2.24) is 10.9 Å². The molecule has 2 amide bonds. The molecule has 3 aromatic rings. The van der Waals surface area contributed by atoms with Crippen molar-refractivity contribution < 1.29 is 14.4 Å². The van der Waals surface area contributed by atoms with Crippen LogP contribution in [0, 0.1) is 6.92 Å². The highest BCUT2D eigenvalue weighted by Crippen LogP contribution is 2.14. The van der Waals surface area contributed by atoms with Gasteiger partial charge in [0.1, 0.15) is 0 Å². The fraction of sp³-hybridized carbons (Fsp3) is 0.0455. The van der Waals surface area contributed by atoms with E-state index in [1.54, 1.807) is 60.7 Å². The Morgan fingerprint density at radius 3 is 1.81 bits per heavy atom. The third-order valence-electron chi connectivity index (χ3n) is 4.06. The van der Waals surface area contributed by atoms with E-state index in [-0.39, 0.29) is 16.9 Å². The Balaban J connectivity index is 1.75. The molecule has 0 radical (unpaired) electrons. The van der Waals surface area contributed by atoms with E-state index in [4.69, 9.17) is 0 Å². The quantitative estimate of drug-likeness (QED) is 0.555. The number of ketones is 1. The predicted molar refractivity (Wildman–Crippen MR) is 102 cm³/mol. The molecule has 0 aliphatic rings. The summed E-state index contributed by atoms with van der Waals surface area (Å²) in [4.78, 5) is 37.3. The molecule has 27 heavy (non-hydrogen) atoms. The van der Waals surface area contributed by atoms with Crippen LogP contribution in [-0.2, 0) is 0 Å². The topological polar surface area (TPSA) is 75.3 Å². The number of hydrazine groups is 1. The van der Waals surface area contributed by atoms with E-state index in [1.807, 2.05) is 25.1 Å². The monoisotopic (exact) mass is 358 g/mol. The van der Waals surface area contributed by atoms with E-state index in [2.05, 4.69) is 10.9 Å². The van der Waals surface area contributed by atoms with Gasteiger partial charge in [-0.15, -0.1) is 0 Å². The van der Waals surface area contributed by atoms with Crippen molar-refractivity contribution in [1.29, 1.82) is 0 Å². The average molecular weight is 358 g/mol. The molecule has 0 fully saturated rings. The molecule has 0 spiro atoms. The van der Waals surface area contributed by atoms with Crippen molar-refractivity contribution in [2.75, 3.05) is 0 Å². The number of carbonyl (C=O) groups excluding carboxylic acids is 3. The Morgan fingerprint density at radius 2 is 1.15 bits per heavy atom. The summed E-state index contributed by atoms with van der Waals surface area (Å²) in [6.45, 7) is 1.92. The number of carbonyl (C=O) groups is 3. The number of hydrogen-bond acceptors (Lipinski definition) is 3. The van der Waals surface area contributed by atoms with E-state index in [9.17, 15) is 14.4 Å². The number of hydrogen-bond donors (Lipinski definition) is 2. The Labute approximate surface area is 157 Å². The lowest BCUT2D eigenvalue weighted by atomic mass is 9.98. The van der Waals surface area contributed by atoms with Crippen LogP contribution in [0.1, 0.15) is 42.2 Å². The first-order valence-electron chi connectivity index (χ1n) is 8.42. The van der Waals surface area contributed by atoms with Gasteiger partial charge < -0.3 is 0 Å². The summed E-state index contributed by atoms with van der Waals surface area (Å²) < 4.78 is 0. The molecule has 134 valence electrons. The lowest BCUT2D eigenvalue weighted by Crippen LogP contribution is -2.42. The molecule has 0 saturated carbocycles. The smallest absolute Gasteiger partial charge is 0.270 e. The molecule has 3 aromatic carbocycles. The normalized spacial score (nSPS) is 10.1. The van der Waals surface area contributed by atoms with Gasteiger partial charge in [0.15, 0.2) is 5.78 Å². The zero-order chi connectivity index (χ0) is 19.2. The molecule has 3 rings (SSSR count). The Bertz CT molecular complexity index is 980. The van der Waals surface area contributed by atoms with Gasteiger partial charge in [-0.1, -0.05) is 66.2 Å². The van der Waals surface area contributed by atoms with E-state index in [1.165, 1.54) is 0 Å². The Hall–Kier alpha value is -3.73. The van der Waals surface area contributed by atoms with Crippen molar-refractivity contribution in [3.63, 3.8) is 0 Å². The second-order valence-corrected chi connectivity index (χ2v) is 6.02. The number of amides is 2. The minimum atomic E-state index is -0.560. The molecule has 0 bridgehead atoms. The molecule has 0 unspecified atom stereocenters. The number of rotatable bonds is 4. The molecule has 0 heterocycles. The summed E-state index contributed by atoms with van der Waals surface area (Å²) in [7, 11) is 0. The second kappa shape index (κ2) is 8.10. The maximum atomic E-state index is 12.7. The third kappa shape index (κ3) is 4.27. The lowest BCUT2D eigenvalue weighted by molar-refractivity contribution is 0.0845. The molecule has 0 aliphatic heterocycles. The molecule has 0 saturated heterocycles. The maximum Gasteiger partial charge on any atom is 0.270 e. The third-order valence-corrected chi connectivity index (χ3v) is 4.06. The second-order valence-electron chi connectivity index (χ2n) is 6.02. The number of benzene rings is 3. The summed E-state index contributed by atoms with van der Waals surface area (Å²) in [5.41, 5.74) is 7.14. The zero-order valence-corrected chi connectivity index (χ0v) is 14.7. The summed E-state index contributed by atoms with van der Waals surface area (Å²) >= 11 is 0. The fourth-order valence-electron chi connectivity index (χ4n) is 2.58. The van der Waals surface area contributed by atoms with Crippen molar-refractivity contribution >= 4 is 17.6 Å². The van der Waals surface area contributed by atoms with Crippen molar-refractivity contribution in [2.45, 2.75) is 6.92 Å². The Morgan fingerprint density at radius 1 is 0.593 bits per heavy atom. The van der Waals surface area contributed by atoms with E-state index >= 15 is 0 Å². The first-order valence-corrected chi connectivity index (χ1v) is 8.42. The van der Waals surface area contributed by atoms with Crippen LogP contribution in [0.15, 0.2) is 78.9 Å². The molecule has 0 aliphatic carbocycles. The van der Waals surface area contributed by atoms with E-state index in [0.717, 1.165) is 5.56 Å². The SMILES string of the molecule is Cc1ccc(C(=O)NNC(=O)c2ccccc2C(=O)c2ccccc2)cc1. The molecule has 2 N–H and O–H groups in total. The fourth-order valence-corrected chi connectivity index (χ4v) is 2.58. The van der Waals surface area contributed by atoms with Gasteiger partial charge in [0, 0.05) is 16.7 Å². The molecule has 0 aromatic heterocycles. The van der Waals surface area contributed by atoms with Gasteiger partial charge in [0.2, 0.25) is 0 Å². The van der Waals surface area contributed by atoms with Crippen LogP contribution in [-0.4, -0.2) is 17.6 Å². The van der Waals surface area contributed by atoms with Gasteiger partial charge in [-0.25, -0.2) is 0 Å². The van der Waals surface area contributed by atoms with E-state index < -0.39 is 11.8 Å². The minimum absolute atomic E-state index is 0.190. The lowest BCUT2D eigenvalue weighted by Gasteiger charge is -2.11. The molecule has 5 heteroatoms. The van der Waals surface area contributed by atoms with Crippen LogP contribution in [0.2, 0.25) is 0 Å². The van der Waals surface area contributed by atoms with Gasteiger partial charge in [-0.05, 0) is 25.1 Å². The standard InChI is InChI=1S/C22H18N2O3/c1-15-11-13-17(14-12-15)21(26)23-24-22(27)19-10-6-5-9-18(19)20(25)16-7-3-2-4-8-16/h2-14H,1H3,(H,23,26)(H,24,27). The highest BCUT2D eigenvalue weighted by atomic mass is 16.2. The average Bonchev–Trinajstić information content (AvgIpc) is 2.72. The number of nitrogens with one attached hydrogen (secondary N) is 2. The molecule has 5 nitrogen and oxygen atoms in total. The van der Waals surface area contributed by atoms with Crippen molar-refractivity contribution in [2.24, 2.45) is 0 Å². The Kier molecular flexibility index (Phi) is 5.42. The summed E-state index contributed by atoms with van der Waals surface area (Å²) in [5.74, 6) is -1.25. The van der Waals surface area contributed by atoms with Gasteiger partial charge >= 0.3 is 0 Å². The zero-order valence-electron chi connectivity index (χ0n) is 14.7. The predicted octanol–water partition coefficient (Wildman–Crippen LogP) is 3.30. The van der Waals surface area contributed by atoms with Crippen LogP contribution in [0.25, 0.3) is 0 Å². The summed E-state index contributed by atoms with van der Waals surface area (Å²) in [6, 6.07) is 22.2.